The van der Waals surface area contributed by atoms with E-state index in [0.717, 1.165) is 30.9 Å². The molecule has 1 aromatic carbocycles. The smallest absolute Gasteiger partial charge is 0.270 e. The average Bonchev–Trinajstić information content (AvgIpc) is 2.64. The maximum absolute atomic E-state index is 12.5. The van der Waals surface area contributed by atoms with Gasteiger partial charge in [0, 0.05) is 24.3 Å². The molecule has 2 aromatic rings. The molecule has 24 heavy (non-hydrogen) atoms. The number of nitrogens with one attached hydrogen (secondary N) is 1. The lowest BCUT2D eigenvalue weighted by atomic mass is 9.95. The first kappa shape index (κ1) is 16.4. The van der Waals surface area contributed by atoms with Crippen LogP contribution in [-0.4, -0.2) is 28.5 Å². The minimum Gasteiger partial charge on any atom is -0.348 e. The number of amides is 1. The van der Waals surface area contributed by atoms with Crippen LogP contribution in [0.4, 0.5) is 11.5 Å². The Kier molecular flexibility index (Phi) is 5.41. The van der Waals surface area contributed by atoms with Crippen molar-refractivity contribution in [3.05, 3.63) is 48.4 Å². The number of carbonyl (C=O) groups excluding carboxylic acids is 1. The number of hydrogen-bond donors (Lipinski definition) is 1. The third kappa shape index (κ3) is 3.91. The lowest BCUT2D eigenvalue weighted by molar-refractivity contribution is 0.0922. The summed E-state index contributed by atoms with van der Waals surface area (Å²) >= 11 is 0. The molecule has 0 saturated heterocycles. The number of aromatic nitrogens is 2. The maximum atomic E-state index is 12.5. The fourth-order valence-corrected chi connectivity index (χ4v) is 3.21. The molecular weight excluding hydrogens is 300 g/mol. The minimum absolute atomic E-state index is 0.102. The van der Waals surface area contributed by atoms with Gasteiger partial charge < -0.3 is 10.2 Å². The normalized spacial score (nSPS) is 15.0. The molecule has 1 aromatic heterocycles. The maximum Gasteiger partial charge on any atom is 0.270 e. The van der Waals surface area contributed by atoms with E-state index in [1.54, 1.807) is 6.07 Å². The van der Waals surface area contributed by atoms with Crippen molar-refractivity contribution in [3.8, 4) is 0 Å². The Labute approximate surface area is 143 Å². The number of rotatable bonds is 5. The zero-order chi connectivity index (χ0) is 16.8. The first-order valence-electron chi connectivity index (χ1n) is 8.73. The van der Waals surface area contributed by atoms with Gasteiger partial charge in [-0.15, -0.1) is 0 Å². The molecular formula is C19H24N4O. The highest BCUT2D eigenvalue weighted by molar-refractivity contribution is 5.93. The van der Waals surface area contributed by atoms with E-state index in [-0.39, 0.29) is 11.9 Å². The Morgan fingerprint density at radius 3 is 2.62 bits per heavy atom. The zero-order valence-corrected chi connectivity index (χ0v) is 14.1. The lowest BCUT2D eigenvalue weighted by Gasteiger charge is -2.24. The minimum atomic E-state index is -0.102. The Morgan fingerprint density at radius 2 is 1.92 bits per heavy atom. The van der Waals surface area contributed by atoms with Gasteiger partial charge in [0.15, 0.2) is 0 Å². The molecule has 1 heterocycles. The predicted molar refractivity (Wildman–Crippen MR) is 95.5 cm³/mol. The standard InChI is InChI=1S/C19H24N4O/c1-2-23(16-11-7-4-8-12-16)18-13-17(20-14-21-18)19(24)22-15-9-5-3-6-10-15/h4,7-8,11-15H,2-3,5-6,9-10H2,1H3,(H,22,24). The number of para-hydroxylation sites is 1. The molecule has 1 aliphatic carbocycles. The van der Waals surface area contributed by atoms with Gasteiger partial charge in [-0.1, -0.05) is 37.5 Å². The van der Waals surface area contributed by atoms with Gasteiger partial charge in [-0.2, -0.15) is 0 Å². The first-order valence-corrected chi connectivity index (χ1v) is 8.73. The van der Waals surface area contributed by atoms with Crippen LogP contribution >= 0.6 is 0 Å². The summed E-state index contributed by atoms with van der Waals surface area (Å²) in [5.41, 5.74) is 1.48. The third-order valence-corrected chi connectivity index (χ3v) is 4.49. The van der Waals surface area contributed by atoms with Crippen LogP contribution in [-0.2, 0) is 0 Å². The second kappa shape index (κ2) is 7.90. The van der Waals surface area contributed by atoms with Crippen LogP contribution in [0.25, 0.3) is 0 Å². The summed E-state index contributed by atoms with van der Waals surface area (Å²) in [7, 11) is 0. The Balaban J connectivity index is 1.76. The monoisotopic (exact) mass is 324 g/mol. The van der Waals surface area contributed by atoms with E-state index in [1.165, 1.54) is 25.6 Å². The Hall–Kier alpha value is -2.43. The van der Waals surface area contributed by atoms with Crippen molar-refractivity contribution in [2.75, 3.05) is 11.4 Å². The molecule has 1 amide bonds. The molecule has 0 aliphatic heterocycles. The summed E-state index contributed by atoms with van der Waals surface area (Å²) in [5.74, 6) is 0.641. The van der Waals surface area contributed by atoms with Crippen LogP contribution in [0.1, 0.15) is 49.5 Å². The molecule has 5 nitrogen and oxygen atoms in total. The Morgan fingerprint density at radius 1 is 1.17 bits per heavy atom. The van der Waals surface area contributed by atoms with Gasteiger partial charge in [0.1, 0.15) is 17.8 Å². The van der Waals surface area contributed by atoms with Crippen molar-refractivity contribution < 1.29 is 4.79 Å². The van der Waals surface area contributed by atoms with Crippen molar-refractivity contribution in [2.45, 2.75) is 45.1 Å². The largest absolute Gasteiger partial charge is 0.348 e. The van der Waals surface area contributed by atoms with Gasteiger partial charge in [-0.25, -0.2) is 9.97 Å². The predicted octanol–water partition coefficient (Wildman–Crippen LogP) is 3.70. The van der Waals surface area contributed by atoms with E-state index in [4.69, 9.17) is 0 Å². The molecule has 126 valence electrons. The molecule has 0 spiro atoms. The molecule has 1 fully saturated rings. The second-order valence-electron chi connectivity index (χ2n) is 6.15. The van der Waals surface area contributed by atoms with Crippen LogP contribution < -0.4 is 10.2 Å². The summed E-state index contributed by atoms with van der Waals surface area (Å²) in [5, 5.41) is 3.11. The molecule has 0 radical (unpaired) electrons. The molecule has 1 saturated carbocycles. The van der Waals surface area contributed by atoms with Crippen molar-refractivity contribution in [2.24, 2.45) is 0 Å². The van der Waals surface area contributed by atoms with Gasteiger partial charge in [0.2, 0.25) is 0 Å². The van der Waals surface area contributed by atoms with Gasteiger partial charge in [-0.3, -0.25) is 4.79 Å². The number of anilines is 2. The summed E-state index contributed by atoms with van der Waals surface area (Å²) in [6.45, 7) is 2.83. The van der Waals surface area contributed by atoms with E-state index >= 15 is 0 Å². The van der Waals surface area contributed by atoms with E-state index < -0.39 is 0 Å². The summed E-state index contributed by atoms with van der Waals surface area (Å²) < 4.78 is 0. The summed E-state index contributed by atoms with van der Waals surface area (Å²) in [4.78, 5) is 23.1. The SMILES string of the molecule is CCN(c1ccccc1)c1cc(C(=O)NC2CCCCC2)ncn1. The van der Waals surface area contributed by atoms with Crippen LogP contribution in [0.3, 0.4) is 0 Å². The highest BCUT2D eigenvalue weighted by Crippen LogP contribution is 2.23. The molecule has 0 atom stereocenters. The fourth-order valence-electron chi connectivity index (χ4n) is 3.21. The van der Waals surface area contributed by atoms with E-state index in [9.17, 15) is 4.79 Å². The van der Waals surface area contributed by atoms with Crippen LogP contribution in [0.2, 0.25) is 0 Å². The first-order chi connectivity index (χ1) is 11.8. The van der Waals surface area contributed by atoms with E-state index in [1.807, 2.05) is 30.3 Å². The fraction of sp³-hybridized carbons (Fsp3) is 0.421. The van der Waals surface area contributed by atoms with Crippen molar-refractivity contribution in [3.63, 3.8) is 0 Å². The molecule has 5 heteroatoms. The second-order valence-corrected chi connectivity index (χ2v) is 6.15. The van der Waals surface area contributed by atoms with Crippen LogP contribution in [0, 0.1) is 0 Å². The molecule has 0 bridgehead atoms. The summed E-state index contributed by atoms with van der Waals surface area (Å²) in [6.07, 6.45) is 7.25. The van der Waals surface area contributed by atoms with Gasteiger partial charge in [0.25, 0.3) is 5.91 Å². The molecule has 1 aliphatic rings. The van der Waals surface area contributed by atoms with Gasteiger partial charge in [0.05, 0.1) is 0 Å². The highest BCUT2D eigenvalue weighted by atomic mass is 16.1. The molecule has 1 N–H and O–H groups in total. The van der Waals surface area contributed by atoms with Gasteiger partial charge >= 0.3 is 0 Å². The van der Waals surface area contributed by atoms with Crippen LogP contribution in [0.5, 0.6) is 0 Å². The Bertz CT molecular complexity index is 668. The quantitative estimate of drug-likeness (QED) is 0.911. The van der Waals surface area contributed by atoms with Gasteiger partial charge in [-0.05, 0) is 31.9 Å². The number of nitrogens with zero attached hydrogens (tertiary/aromatic N) is 3. The molecule has 0 unspecified atom stereocenters. The van der Waals surface area contributed by atoms with Crippen LogP contribution in [0.15, 0.2) is 42.7 Å². The third-order valence-electron chi connectivity index (χ3n) is 4.49. The summed E-state index contributed by atoms with van der Waals surface area (Å²) in [6, 6.07) is 12.1. The highest BCUT2D eigenvalue weighted by Gasteiger charge is 2.18. The lowest BCUT2D eigenvalue weighted by Crippen LogP contribution is -2.36. The zero-order valence-electron chi connectivity index (χ0n) is 14.1. The topological polar surface area (TPSA) is 58.1 Å². The number of benzene rings is 1. The van der Waals surface area contributed by atoms with Crippen molar-refractivity contribution in [1.29, 1.82) is 0 Å². The van der Waals surface area contributed by atoms with E-state index in [0.29, 0.717) is 5.69 Å². The van der Waals surface area contributed by atoms with Crippen molar-refractivity contribution in [1.82, 2.24) is 15.3 Å². The van der Waals surface area contributed by atoms with E-state index in [2.05, 4.69) is 27.1 Å². The average molecular weight is 324 g/mol. The number of carbonyl (C=O) groups is 1. The number of hydrogen-bond acceptors (Lipinski definition) is 4. The van der Waals surface area contributed by atoms with Crippen molar-refractivity contribution >= 4 is 17.4 Å². The molecule has 3 rings (SSSR count).